The number of nitriles is 1. The maximum absolute atomic E-state index is 9.84. The SMILES string of the molecule is N#Cc1ccc2c(c1)-c1ccccc1C21c2ccccc2Oc2ccc(-c3ccc(-c4nc(-c5ccccc5)nc(-c5ccccc5)n4)cc3)cc21. The highest BCUT2D eigenvalue weighted by Gasteiger charge is 2.51. The maximum Gasteiger partial charge on any atom is 0.164 e. The lowest BCUT2D eigenvalue weighted by molar-refractivity contribution is 0.436. The van der Waals surface area contributed by atoms with Crippen LogP contribution >= 0.6 is 0 Å². The van der Waals surface area contributed by atoms with Crippen molar-refractivity contribution in [2.24, 2.45) is 0 Å². The summed E-state index contributed by atoms with van der Waals surface area (Å²) in [5.41, 5.74) is 11.6. The molecule has 5 nitrogen and oxygen atoms in total. The van der Waals surface area contributed by atoms with Gasteiger partial charge in [-0.1, -0.05) is 140 Å². The van der Waals surface area contributed by atoms with Gasteiger partial charge in [-0.25, -0.2) is 15.0 Å². The molecule has 0 fully saturated rings. The Morgan fingerprint density at radius 2 is 0.923 bits per heavy atom. The lowest BCUT2D eigenvalue weighted by Gasteiger charge is -2.39. The van der Waals surface area contributed by atoms with E-state index < -0.39 is 5.41 Å². The zero-order chi connectivity index (χ0) is 34.6. The lowest BCUT2D eigenvalue weighted by Crippen LogP contribution is -2.32. The molecule has 0 bridgehead atoms. The number of fused-ring (bicyclic) bond motifs is 9. The van der Waals surface area contributed by atoms with Gasteiger partial charge in [-0.05, 0) is 63.7 Å². The molecule has 1 aliphatic heterocycles. The van der Waals surface area contributed by atoms with Gasteiger partial charge < -0.3 is 4.74 Å². The number of hydrogen-bond acceptors (Lipinski definition) is 5. The minimum absolute atomic E-state index is 0.615. The molecule has 242 valence electrons. The fourth-order valence-corrected chi connectivity index (χ4v) is 7.90. The molecule has 52 heavy (non-hydrogen) atoms. The zero-order valence-electron chi connectivity index (χ0n) is 27.9. The predicted molar refractivity (Wildman–Crippen MR) is 204 cm³/mol. The summed E-state index contributed by atoms with van der Waals surface area (Å²) in [6, 6.07) is 60.3. The first-order valence-corrected chi connectivity index (χ1v) is 17.2. The summed E-state index contributed by atoms with van der Waals surface area (Å²) in [5, 5.41) is 9.84. The molecule has 0 saturated carbocycles. The van der Waals surface area contributed by atoms with Crippen molar-refractivity contribution in [1.82, 2.24) is 15.0 Å². The van der Waals surface area contributed by atoms with E-state index in [0.717, 1.165) is 67.1 Å². The third kappa shape index (κ3) is 4.52. The van der Waals surface area contributed by atoms with Crippen LogP contribution in [0.15, 0.2) is 170 Å². The third-order valence-corrected chi connectivity index (χ3v) is 10.2. The third-order valence-electron chi connectivity index (χ3n) is 10.2. The van der Waals surface area contributed by atoms with Gasteiger partial charge in [0.25, 0.3) is 0 Å². The fourth-order valence-electron chi connectivity index (χ4n) is 7.90. The molecule has 0 amide bonds. The molecule has 7 aromatic carbocycles. The molecule has 1 aliphatic carbocycles. The second-order valence-corrected chi connectivity index (χ2v) is 13.1. The normalized spacial score (nSPS) is 14.8. The molecule has 2 aliphatic rings. The largest absolute Gasteiger partial charge is 0.457 e. The number of nitrogens with zero attached hydrogens (tertiary/aromatic N) is 4. The van der Waals surface area contributed by atoms with E-state index >= 15 is 0 Å². The molecule has 0 N–H and O–H groups in total. The lowest BCUT2D eigenvalue weighted by atomic mass is 9.65. The molecule has 1 atom stereocenters. The fraction of sp³-hybridized carbons (Fsp3) is 0.0213. The Bertz CT molecular complexity index is 2660. The minimum Gasteiger partial charge on any atom is -0.457 e. The van der Waals surface area contributed by atoms with Crippen LogP contribution in [0, 0.1) is 11.3 Å². The molecule has 0 saturated heterocycles. The zero-order valence-corrected chi connectivity index (χ0v) is 27.9. The van der Waals surface area contributed by atoms with E-state index in [1.807, 2.05) is 84.9 Å². The van der Waals surface area contributed by atoms with Crippen molar-refractivity contribution in [3.05, 3.63) is 198 Å². The number of aromatic nitrogens is 3. The van der Waals surface area contributed by atoms with Crippen LogP contribution in [0.5, 0.6) is 11.5 Å². The van der Waals surface area contributed by atoms with E-state index in [0.29, 0.717) is 23.0 Å². The predicted octanol–water partition coefficient (Wildman–Crippen LogP) is 10.9. The van der Waals surface area contributed by atoms with Crippen LogP contribution in [0.3, 0.4) is 0 Å². The van der Waals surface area contributed by atoms with Crippen LogP contribution in [-0.4, -0.2) is 15.0 Å². The summed E-state index contributed by atoms with van der Waals surface area (Å²) in [7, 11) is 0. The monoisotopic (exact) mass is 664 g/mol. The second kappa shape index (κ2) is 11.7. The highest BCUT2D eigenvalue weighted by atomic mass is 16.5. The van der Waals surface area contributed by atoms with Crippen molar-refractivity contribution in [2.75, 3.05) is 0 Å². The highest BCUT2D eigenvalue weighted by molar-refractivity contribution is 5.89. The number of rotatable bonds is 4. The van der Waals surface area contributed by atoms with Gasteiger partial charge in [0, 0.05) is 27.8 Å². The molecule has 0 radical (unpaired) electrons. The maximum atomic E-state index is 9.84. The van der Waals surface area contributed by atoms with Crippen LogP contribution < -0.4 is 4.74 Å². The average Bonchev–Trinajstić information content (AvgIpc) is 3.51. The minimum atomic E-state index is -0.618. The van der Waals surface area contributed by atoms with Crippen LogP contribution in [0.1, 0.15) is 27.8 Å². The van der Waals surface area contributed by atoms with Crippen molar-refractivity contribution in [2.45, 2.75) is 5.41 Å². The van der Waals surface area contributed by atoms with Crippen molar-refractivity contribution in [3.63, 3.8) is 0 Å². The molecule has 1 aromatic heterocycles. The van der Waals surface area contributed by atoms with Crippen molar-refractivity contribution < 1.29 is 4.74 Å². The van der Waals surface area contributed by atoms with E-state index in [1.165, 1.54) is 5.56 Å². The van der Waals surface area contributed by atoms with Crippen molar-refractivity contribution in [1.29, 1.82) is 5.26 Å². The smallest absolute Gasteiger partial charge is 0.164 e. The van der Waals surface area contributed by atoms with Crippen LogP contribution in [-0.2, 0) is 5.41 Å². The van der Waals surface area contributed by atoms with Gasteiger partial charge in [-0.15, -0.1) is 0 Å². The van der Waals surface area contributed by atoms with Gasteiger partial charge in [0.2, 0.25) is 0 Å². The molecule has 2 heterocycles. The first kappa shape index (κ1) is 29.7. The summed E-state index contributed by atoms with van der Waals surface area (Å²) in [4.78, 5) is 14.7. The first-order chi connectivity index (χ1) is 25.7. The molecule has 1 spiro atoms. The van der Waals surface area contributed by atoms with Gasteiger partial charge in [0.1, 0.15) is 11.5 Å². The molecule has 5 heteroatoms. The molecular formula is C47H28N4O. The average molecular weight is 665 g/mol. The Morgan fingerprint density at radius 1 is 0.404 bits per heavy atom. The van der Waals surface area contributed by atoms with Crippen LogP contribution in [0.4, 0.5) is 0 Å². The summed E-state index contributed by atoms with van der Waals surface area (Å²) in [6.07, 6.45) is 0. The number of hydrogen-bond donors (Lipinski definition) is 0. The van der Waals surface area contributed by atoms with Crippen molar-refractivity contribution >= 4 is 0 Å². The molecule has 1 unspecified atom stereocenters. The Morgan fingerprint density at radius 3 is 1.60 bits per heavy atom. The molecule has 8 aromatic rings. The quantitative estimate of drug-likeness (QED) is 0.187. The number of benzene rings is 7. The Hall–Kier alpha value is -7.16. The van der Waals surface area contributed by atoms with E-state index in [1.54, 1.807) is 0 Å². The van der Waals surface area contributed by atoms with Gasteiger partial charge in [-0.2, -0.15) is 5.26 Å². The van der Waals surface area contributed by atoms with Gasteiger partial charge in [0.15, 0.2) is 17.5 Å². The summed E-state index contributed by atoms with van der Waals surface area (Å²) >= 11 is 0. The van der Waals surface area contributed by atoms with Gasteiger partial charge >= 0.3 is 0 Å². The summed E-state index contributed by atoms with van der Waals surface area (Å²) in [6.45, 7) is 0. The Balaban J connectivity index is 1.11. The second-order valence-electron chi connectivity index (χ2n) is 13.1. The van der Waals surface area contributed by atoms with E-state index in [4.69, 9.17) is 19.7 Å². The number of ether oxygens (including phenoxy) is 1. The number of para-hydroxylation sites is 1. The summed E-state index contributed by atoms with van der Waals surface area (Å²) in [5.74, 6) is 3.53. The standard InChI is InChI=1S/C47H28N4O/c48-29-30-19-25-39-37(27-30)36-15-7-8-16-38(36)47(39)40-17-9-10-18-42(40)52-43-26-24-35(28-41(43)47)31-20-22-34(23-21-31)46-50-44(32-11-3-1-4-12-32)49-45(51-46)33-13-5-2-6-14-33/h1-28H. The first-order valence-electron chi connectivity index (χ1n) is 17.2. The molecular weight excluding hydrogens is 637 g/mol. The van der Waals surface area contributed by atoms with Crippen LogP contribution in [0.2, 0.25) is 0 Å². The van der Waals surface area contributed by atoms with Gasteiger partial charge in [0.05, 0.1) is 17.0 Å². The molecule has 10 rings (SSSR count). The topological polar surface area (TPSA) is 71.7 Å². The van der Waals surface area contributed by atoms with E-state index in [9.17, 15) is 5.26 Å². The Labute approximate surface area is 301 Å². The van der Waals surface area contributed by atoms with E-state index in [-0.39, 0.29) is 0 Å². The van der Waals surface area contributed by atoms with Crippen LogP contribution in [0.25, 0.3) is 56.4 Å². The van der Waals surface area contributed by atoms with E-state index in [2.05, 4.69) is 91.0 Å². The Kier molecular flexibility index (Phi) is 6.70. The highest BCUT2D eigenvalue weighted by Crippen LogP contribution is 2.62. The van der Waals surface area contributed by atoms with Crippen molar-refractivity contribution in [3.8, 4) is 74.0 Å². The summed E-state index contributed by atoms with van der Waals surface area (Å²) < 4.78 is 6.63. The van der Waals surface area contributed by atoms with Gasteiger partial charge in [-0.3, -0.25) is 0 Å².